The molecular weight excluding hydrogens is 458 g/mol. The number of hydrogen-bond donors (Lipinski definition) is 1. The molecule has 6 rings (SSSR count). The molecule has 2 heterocycles. The number of benzene rings is 4. The van der Waals surface area contributed by atoms with Gasteiger partial charge in [0.25, 0.3) is 0 Å². The quantitative estimate of drug-likeness (QED) is 0.251. The van der Waals surface area contributed by atoms with Crippen molar-refractivity contribution in [1.29, 1.82) is 0 Å². The Balaban J connectivity index is 1.60. The summed E-state index contributed by atoms with van der Waals surface area (Å²) in [4.78, 5) is 1.74. The summed E-state index contributed by atoms with van der Waals surface area (Å²) in [5.41, 5.74) is 12.3. The predicted molar refractivity (Wildman–Crippen MR) is 146 cm³/mol. The number of hydrogen-bond acceptors (Lipinski definition) is 5. The zero-order valence-electron chi connectivity index (χ0n) is 20.4. The van der Waals surface area contributed by atoms with Gasteiger partial charge in [0, 0.05) is 11.3 Å². The third-order valence-corrected chi connectivity index (χ3v) is 6.88. The maximum Gasteiger partial charge on any atom is 0.205 e. The minimum absolute atomic E-state index is 0.530. The highest BCUT2D eigenvalue weighted by Gasteiger charge is 2.41. The summed E-state index contributed by atoms with van der Waals surface area (Å²) >= 11 is 0. The van der Waals surface area contributed by atoms with E-state index in [1.165, 1.54) is 5.57 Å². The van der Waals surface area contributed by atoms with Gasteiger partial charge in [-0.05, 0) is 51.6 Å². The van der Waals surface area contributed by atoms with Gasteiger partial charge in [0.2, 0.25) is 5.82 Å². The molecule has 0 fully saturated rings. The fourth-order valence-electron chi connectivity index (χ4n) is 5.15. The van der Waals surface area contributed by atoms with Gasteiger partial charge in [-0.3, -0.25) is 0 Å². The number of nitrogen functional groups attached to an aromatic ring is 1. The second-order valence-electron chi connectivity index (χ2n) is 9.07. The Morgan fingerprint density at radius 3 is 1.86 bits per heavy atom. The number of rotatable bonds is 6. The van der Waals surface area contributed by atoms with E-state index in [1.807, 2.05) is 72.8 Å². The molecule has 1 aliphatic rings. The average Bonchev–Trinajstić information content (AvgIpc) is 3.46. The molecule has 0 bridgehead atoms. The highest BCUT2D eigenvalue weighted by Crippen LogP contribution is 2.40. The molecule has 37 heavy (non-hydrogen) atoms. The van der Waals surface area contributed by atoms with Crippen molar-refractivity contribution in [3.8, 4) is 11.4 Å². The van der Waals surface area contributed by atoms with Gasteiger partial charge in [-0.15, -0.1) is 15.0 Å². The van der Waals surface area contributed by atoms with Gasteiger partial charge >= 0.3 is 0 Å². The highest BCUT2D eigenvalue weighted by molar-refractivity contribution is 5.81. The van der Waals surface area contributed by atoms with Crippen molar-refractivity contribution < 1.29 is 4.74 Å². The number of nitrogens with two attached hydrogens (primary N) is 1. The summed E-state index contributed by atoms with van der Waals surface area (Å²) in [5, 5.41) is 14.4. The lowest BCUT2D eigenvalue weighted by atomic mass is 9.77. The number of anilines is 1. The minimum Gasteiger partial charge on any atom is -0.399 e. The molecule has 1 aromatic heterocycles. The van der Waals surface area contributed by atoms with Crippen LogP contribution in [0.2, 0.25) is 0 Å². The lowest BCUT2D eigenvalue weighted by Crippen LogP contribution is -2.39. The van der Waals surface area contributed by atoms with E-state index in [0.717, 1.165) is 34.2 Å². The molecular formula is C31H27N5O. The molecule has 5 aromatic rings. The van der Waals surface area contributed by atoms with E-state index in [-0.39, 0.29) is 0 Å². The van der Waals surface area contributed by atoms with Crippen LogP contribution in [0, 0.1) is 0 Å². The molecule has 0 radical (unpaired) electrons. The van der Waals surface area contributed by atoms with Crippen LogP contribution in [-0.2, 0) is 10.3 Å². The second kappa shape index (κ2) is 9.84. The molecule has 0 saturated heterocycles. The molecule has 0 saturated carbocycles. The maximum atomic E-state index is 6.23. The first-order chi connectivity index (χ1) is 18.3. The van der Waals surface area contributed by atoms with Gasteiger partial charge in [0.15, 0.2) is 5.54 Å². The van der Waals surface area contributed by atoms with Crippen molar-refractivity contribution in [1.82, 2.24) is 20.2 Å². The van der Waals surface area contributed by atoms with Crippen LogP contribution in [-0.4, -0.2) is 33.4 Å². The molecule has 6 heteroatoms. The maximum absolute atomic E-state index is 6.23. The molecule has 0 atom stereocenters. The van der Waals surface area contributed by atoms with Crippen LogP contribution in [0.15, 0.2) is 115 Å². The SMILES string of the molecule is Nc1ccc(C2=CCOCC2)c(-c2nnn(C(c3ccccc3)(c3ccccc3)c3ccccc3)n2)c1. The number of nitrogens with zero attached hydrogens (tertiary/aromatic N) is 4. The Morgan fingerprint density at radius 1 is 0.730 bits per heavy atom. The summed E-state index contributed by atoms with van der Waals surface area (Å²) in [7, 11) is 0. The first-order valence-electron chi connectivity index (χ1n) is 12.4. The largest absolute Gasteiger partial charge is 0.399 e. The van der Waals surface area contributed by atoms with Crippen molar-refractivity contribution in [3.63, 3.8) is 0 Å². The Hall–Kier alpha value is -4.55. The third-order valence-electron chi connectivity index (χ3n) is 6.88. The Bertz CT molecular complexity index is 1430. The molecule has 0 aliphatic carbocycles. The number of aromatic nitrogens is 4. The molecule has 0 amide bonds. The van der Waals surface area contributed by atoms with Crippen molar-refractivity contribution >= 4 is 11.3 Å². The first-order valence-corrected chi connectivity index (χ1v) is 12.4. The van der Waals surface area contributed by atoms with Crippen LogP contribution in [0.4, 0.5) is 5.69 Å². The normalized spacial score (nSPS) is 13.8. The second-order valence-corrected chi connectivity index (χ2v) is 9.07. The molecule has 0 unspecified atom stereocenters. The van der Waals surface area contributed by atoms with E-state index < -0.39 is 5.54 Å². The Kier molecular flexibility index (Phi) is 6.08. The van der Waals surface area contributed by atoms with Crippen molar-refractivity contribution in [2.45, 2.75) is 12.0 Å². The van der Waals surface area contributed by atoms with Crippen molar-refractivity contribution in [2.75, 3.05) is 18.9 Å². The lowest BCUT2D eigenvalue weighted by Gasteiger charge is -2.34. The topological polar surface area (TPSA) is 78.9 Å². The van der Waals surface area contributed by atoms with Crippen LogP contribution < -0.4 is 5.73 Å². The average molecular weight is 486 g/mol. The van der Waals surface area contributed by atoms with Crippen molar-refractivity contribution in [2.24, 2.45) is 0 Å². The highest BCUT2D eigenvalue weighted by atomic mass is 16.5. The fourth-order valence-corrected chi connectivity index (χ4v) is 5.15. The summed E-state index contributed by atoms with van der Waals surface area (Å²) in [6, 6.07) is 36.9. The Morgan fingerprint density at radius 2 is 1.32 bits per heavy atom. The van der Waals surface area contributed by atoms with Gasteiger partial charge in [-0.25, -0.2) is 0 Å². The molecule has 182 valence electrons. The standard InChI is InChI=1S/C31H27N5O/c32-27-16-17-28(23-18-20-37-21-19-23)29(22-27)30-33-35-36(34-30)31(24-10-4-1-5-11-24,25-12-6-2-7-13-25)26-14-8-3-9-15-26/h1-18,22H,19-21,32H2. The fraction of sp³-hybridized carbons (Fsp3) is 0.129. The van der Waals surface area contributed by atoms with Crippen LogP contribution in [0.5, 0.6) is 0 Å². The summed E-state index contributed by atoms with van der Waals surface area (Å²) < 4.78 is 5.54. The zero-order chi connectivity index (χ0) is 25.1. The predicted octanol–water partition coefficient (Wildman–Crippen LogP) is 5.57. The Labute approximate surface area is 216 Å². The molecule has 1 aliphatic heterocycles. The number of tetrazole rings is 1. The zero-order valence-corrected chi connectivity index (χ0v) is 20.4. The molecule has 6 nitrogen and oxygen atoms in total. The van der Waals surface area contributed by atoms with Gasteiger partial charge in [0.05, 0.1) is 13.2 Å². The van der Waals surface area contributed by atoms with Gasteiger partial charge in [0.1, 0.15) is 0 Å². The monoisotopic (exact) mass is 485 g/mol. The number of ether oxygens (including phenoxy) is 1. The first kappa shape index (κ1) is 22.9. The smallest absolute Gasteiger partial charge is 0.205 e. The molecule has 0 spiro atoms. The van der Waals surface area contributed by atoms with E-state index in [1.54, 1.807) is 4.80 Å². The summed E-state index contributed by atoms with van der Waals surface area (Å²) in [6.07, 6.45) is 2.94. The van der Waals surface area contributed by atoms with Gasteiger partial charge in [-0.2, -0.15) is 0 Å². The summed E-state index contributed by atoms with van der Waals surface area (Å²) in [6.45, 7) is 1.29. The van der Waals surface area contributed by atoms with E-state index in [9.17, 15) is 0 Å². The van der Waals surface area contributed by atoms with E-state index >= 15 is 0 Å². The van der Waals surface area contributed by atoms with Crippen LogP contribution >= 0.6 is 0 Å². The molecule has 4 aromatic carbocycles. The van der Waals surface area contributed by atoms with Crippen LogP contribution in [0.1, 0.15) is 28.7 Å². The molecule has 2 N–H and O–H groups in total. The van der Waals surface area contributed by atoms with E-state index in [0.29, 0.717) is 24.7 Å². The summed E-state index contributed by atoms with van der Waals surface area (Å²) in [5.74, 6) is 0.530. The van der Waals surface area contributed by atoms with Crippen LogP contribution in [0.3, 0.4) is 0 Å². The van der Waals surface area contributed by atoms with Gasteiger partial charge in [-0.1, -0.05) is 103 Å². The third kappa shape index (κ3) is 4.11. The van der Waals surface area contributed by atoms with Crippen molar-refractivity contribution in [3.05, 3.63) is 138 Å². The van der Waals surface area contributed by atoms with Crippen LogP contribution in [0.25, 0.3) is 17.0 Å². The minimum atomic E-state index is -0.826. The van der Waals surface area contributed by atoms with E-state index in [2.05, 4.69) is 52.8 Å². The van der Waals surface area contributed by atoms with Gasteiger partial charge < -0.3 is 10.5 Å². The lowest BCUT2D eigenvalue weighted by molar-refractivity contribution is 0.161. The van der Waals surface area contributed by atoms with E-state index in [4.69, 9.17) is 15.6 Å².